The summed E-state index contributed by atoms with van der Waals surface area (Å²) in [5.41, 5.74) is 3.52. The average Bonchev–Trinajstić information content (AvgIpc) is 2.81. The van der Waals surface area contributed by atoms with Gasteiger partial charge in [0.25, 0.3) is 0 Å². The van der Waals surface area contributed by atoms with Crippen molar-refractivity contribution in [2.45, 2.75) is 20.0 Å². The van der Waals surface area contributed by atoms with Gasteiger partial charge >= 0.3 is 0 Å². The Hall–Kier alpha value is -1.81. The van der Waals surface area contributed by atoms with Gasteiger partial charge in [-0.25, -0.2) is 4.98 Å². The molecule has 0 aliphatic carbocycles. The topological polar surface area (TPSA) is 49.9 Å². The molecule has 0 fully saturated rings. The minimum atomic E-state index is 0.788. The summed E-state index contributed by atoms with van der Waals surface area (Å²) in [7, 11) is 1.69. The molecule has 0 unspecified atom stereocenters. The predicted molar refractivity (Wildman–Crippen MR) is 66.9 cm³/mol. The van der Waals surface area contributed by atoms with Gasteiger partial charge in [0.15, 0.2) is 0 Å². The number of imidazole rings is 1. The van der Waals surface area contributed by atoms with Crippen LogP contribution in [0.3, 0.4) is 0 Å². The van der Waals surface area contributed by atoms with Crippen LogP contribution in [0.5, 0.6) is 5.75 Å². The number of hydrogen-bond donors (Lipinski definition) is 2. The molecule has 4 nitrogen and oxygen atoms in total. The number of H-pyrrole nitrogens is 1. The van der Waals surface area contributed by atoms with Gasteiger partial charge in [0.1, 0.15) is 5.75 Å². The number of aromatic nitrogens is 2. The van der Waals surface area contributed by atoms with Crippen LogP contribution in [0, 0.1) is 6.92 Å². The molecule has 1 heterocycles. The Labute approximate surface area is 101 Å². The normalized spacial score (nSPS) is 10.5. The number of aryl methyl sites for hydroxylation is 1. The summed E-state index contributed by atoms with van der Waals surface area (Å²) in [6, 6.07) is 6.23. The lowest BCUT2D eigenvalue weighted by atomic mass is 10.1. The van der Waals surface area contributed by atoms with Crippen molar-refractivity contribution >= 4 is 0 Å². The second-order valence-corrected chi connectivity index (χ2v) is 4.04. The number of hydrogen-bond acceptors (Lipinski definition) is 3. The van der Waals surface area contributed by atoms with Gasteiger partial charge < -0.3 is 15.0 Å². The van der Waals surface area contributed by atoms with E-state index in [-0.39, 0.29) is 0 Å². The Balaban J connectivity index is 1.92. The minimum absolute atomic E-state index is 0.788. The average molecular weight is 231 g/mol. The van der Waals surface area contributed by atoms with Crippen LogP contribution in [-0.4, -0.2) is 17.1 Å². The maximum Gasteiger partial charge on any atom is 0.119 e. The Morgan fingerprint density at radius 1 is 1.29 bits per heavy atom. The second-order valence-electron chi connectivity index (χ2n) is 4.04. The molecular formula is C13H17N3O. The van der Waals surface area contributed by atoms with Gasteiger partial charge in [-0.05, 0) is 30.2 Å². The third-order valence-electron chi connectivity index (χ3n) is 2.55. The zero-order valence-corrected chi connectivity index (χ0v) is 10.2. The molecule has 1 aromatic carbocycles. The molecular weight excluding hydrogens is 214 g/mol. The summed E-state index contributed by atoms with van der Waals surface area (Å²) in [5.74, 6) is 0.906. The standard InChI is InChI=1S/C13H17N3O/c1-10-3-11(5-13(4-10)17-2)6-14-7-12-8-15-9-16-12/h3-5,8-9,14H,6-7H2,1-2H3,(H,15,16). The van der Waals surface area contributed by atoms with E-state index in [0.29, 0.717) is 0 Å². The lowest BCUT2D eigenvalue weighted by Gasteiger charge is -2.07. The molecule has 0 spiro atoms. The number of rotatable bonds is 5. The van der Waals surface area contributed by atoms with Crippen molar-refractivity contribution < 1.29 is 4.74 Å². The minimum Gasteiger partial charge on any atom is -0.497 e. The Bertz CT molecular complexity index is 466. The molecule has 2 rings (SSSR count). The maximum absolute atomic E-state index is 5.24. The Morgan fingerprint density at radius 3 is 2.88 bits per heavy atom. The number of benzene rings is 1. The molecule has 2 aromatic rings. The number of nitrogens with zero attached hydrogens (tertiary/aromatic N) is 1. The molecule has 0 aliphatic rings. The van der Waals surface area contributed by atoms with Crippen molar-refractivity contribution in [2.24, 2.45) is 0 Å². The molecule has 0 radical (unpaired) electrons. The van der Waals surface area contributed by atoms with Crippen LogP contribution in [0.4, 0.5) is 0 Å². The van der Waals surface area contributed by atoms with Crippen LogP contribution in [0.2, 0.25) is 0 Å². The second kappa shape index (κ2) is 5.50. The molecule has 0 bridgehead atoms. The van der Waals surface area contributed by atoms with Crippen molar-refractivity contribution in [3.05, 3.63) is 47.5 Å². The molecule has 0 amide bonds. The molecule has 0 saturated heterocycles. The van der Waals surface area contributed by atoms with Crippen molar-refractivity contribution in [1.29, 1.82) is 0 Å². The van der Waals surface area contributed by atoms with Gasteiger partial charge in [0.2, 0.25) is 0 Å². The van der Waals surface area contributed by atoms with Crippen molar-refractivity contribution in [2.75, 3.05) is 7.11 Å². The Morgan fingerprint density at radius 2 is 2.18 bits per heavy atom. The molecule has 0 saturated carbocycles. The van der Waals surface area contributed by atoms with E-state index in [1.165, 1.54) is 11.1 Å². The zero-order chi connectivity index (χ0) is 12.1. The van der Waals surface area contributed by atoms with Crippen molar-refractivity contribution in [3.8, 4) is 5.75 Å². The largest absolute Gasteiger partial charge is 0.497 e. The first-order valence-corrected chi connectivity index (χ1v) is 5.60. The first kappa shape index (κ1) is 11.7. The molecule has 90 valence electrons. The molecule has 2 N–H and O–H groups in total. The molecule has 4 heteroatoms. The monoisotopic (exact) mass is 231 g/mol. The van der Waals surface area contributed by atoms with E-state index in [4.69, 9.17) is 4.74 Å². The highest BCUT2D eigenvalue weighted by Crippen LogP contribution is 2.16. The lowest BCUT2D eigenvalue weighted by molar-refractivity contribution is 0.413. The van der Waals surface area contributed by atoms with Gasteiger partial charge in [-0.2, -0.15) is 0 Å². The first-order chi connectivity index (χ1) is 8.28. The predicted octanol–water partition coefficient (Wildman–Crippen LogP) is 2.02. The summed E-state index contributed by atoms with van der Waals surface area (Å²) < 4.78 is 5.24. The van der Waals surface area contributed by atoms with E-state index < -0.39 is 0 Å². The zero-order valence-electron chi connectivity index (χ0n) is 10.2. The van der Waals surface area contributed by atoms with Gasteiger partial charge in [0, 0.05) is 25.0 Å². The number of methoxy groups -OCH3 is 1. The van der Waals surface area contributed by atoms with Crippen LogP contribution in [0.1, 0.15) is 16.8 Å². The van der Waals surface area contributed by atoms with Gasteiger partial charge in [0.05, 0.1) is 13.4 Å². The van der Waals surface area contributed by atoms with E-state index in [0.717, 1.165) is 24.5 Å². The van der Waals surface area contributed by atoms with E-state index in [9.17, 15) is 0 Å². The van der Waals surface area contributed by atoms with Crippen molar-refractivity contribution in [3.63, 3.8) is 0 Å². The fourth-order valence-corrected chi connectivity index (χ4v) is 1.77. The third kappa shape index (κ3) is 3.32. The molecule has 1 aromatic heterocycles. The highest BCUT2D eigenvalue weighted by atomic mass is 16.5. The maximum atomic E-state index is 5.24. The van der Waals surface area contributed by atoms with Gasteiger partial charge in [-0.15, -0.1) is 0 Å². The van der Waals surface area contributed by atoms with E-state index in [1.807, 2.05) is 18.3 Å². The summed E-state index contributed by atoms with van der Waals surface area (Å²) in [6.07, 6.45) is 3.51. The van der Waals surface area contributed by atoms with Crippen LogP contribution >= 0.6 is 0 Å². The molecule has 0 aliphatic heterocycles. The summed E-state index contributed by atoms with van der Waals surface area (Å²) in [6.45, 7) is 3.67. The Kier molecular flexibility index (Phi) is 3.77. The van der Waals surface area contributed by atoms with E-state index in [2.05, 4.69) is 28.3 Å². The number of aromatic amines is 1. The van der Waals surface area contributed by atoms with Crippen LogP contribution in [0.25, 0.3) is 0 Å². The number of ether oxygens (including phenoxy) is 1. The van der Waals surface area contributed by atoms with Crippen molar-refractivity contribution in [1.82, 2.24) is 15.3 Å². The van der Waals surface area contributed by atoms with Gasteiger partial charge in [-0.1, -0.05) is 6.07 Å². The quantitative estimate of drug-likeness (QED) is 0.827. The fourth-order valence-electron chi connectivity index (χ4n) is 1.77. The SMILES string of the molecule is COc1cc(C)cc(CNCc2cnc[nH]2)c1. The third-order valence-corrected chi connectivity index (χ3v) is 2.55. The first-order valence-electron chi connectivity index (χ1n) is 5.60. The van der Waals surface area contributed by atoms with Crippen LogP contribution < -0.4 is 10.1 Å². The summed E-state index contributed by atoms with van der Waals surface area (Å²) >= 11 is 0. The molecule has 0 atom stereocenters. The summed E-state index contributed by atoms with van der Waals surface area (Å²) in [4.78, 5) is 7.03. The van der Waals surface area contributed by atoms with E-state index in [1.54, 1.807) is 13.4 Å². The molecule has 17 heavy (non-hydrogen) atoms. The summed E-state index contributed by atoms with van der Waals surface area (Å²) in [5, 5.41) is 3.36. The van der Waals surface area contributed by atoms with Crippen LogP contribution in [-0.2, 0) is 13.1 Å². The lowest BCUT2D eigenvalue weighted by Crippen LogP contribution is -2.13. The highest BCUT2D eigenvalue weighted by molar-refractivity contribution is 5.33. The van der Waals surface area contributed by atoms with Gasteiger partial charge in [-0.3, -0.25) is 0 Å². The fraction of sp³-hybridized carbons (Fsp3) is 0.308. The smallest absolute Gasteiger partial charge is 0.119 e. The number of nitrogens with one attached hydrogen (secondary N) is 2. The highest BCUT2D eigenvalue weighted by Gasteiger charge is 1.99. The van der Waals surface area contributed by atoms with E-state index >= 15 is 0 Å². The van der Waals surface area contributed by atoms with Crippen LogP contribution in [0.15, 0.2) is 30.7 Å².